The maximum atomic E-state index is 14.5. The quantitative estimate of drug-likeness (QED) is 0.0700. The van der Waals surface area contributed by atoms with E-state index in [2.05, 4.69) is 21.3 Å². The summed E-state index contributed by atoms with van der Waals surface area (Å²) in [6, 6.07) is 45.8. The van der Waals surface area contributed by atoms with Crippen molar-refractivity contribution in [2.45, 2.75) is 49.9 Å². The van der Waals surface area contributed by atoms with Crippen LogP contribution < -0.4 is 40.5 Å². The summed E-state index contributed by atoms with van der Waals surface area (Å²) in [6.07, 6.45) is 0.487. The molecule has 340 valence electrons. The Kier molecular flexibility index (Phi) is 17.0. The summed E-state index contributed by atoms with van der Waals surface area (Å²) >= 11 is 0. The molecular weight excluding hydrogens is 833 g/mol. The maximum Gasteiger partial charge on any atom is 0.316 e. The Hall–Kier alpha value is -7.93. The van der Waals surface area contributed by atoms with Gasteiger partial charge < -0.3 is 40.5 Å². The van der Waals surface area contributed by atoms with Gasteiger partial charge in [0.25, 0.3) is 0 Å². The van der Waals surface area contributed by atoms with Gasteiger partial charge in [-0.25, -0.2) is 4.79 Å². The van der Waals surface area contributed by atoms with E-state index in [9.17, 15) is 24.0 Å². The van der Waals surface area contributed by atoms with Gasteiger partial charge in [0.2, 0.25) is 23.6 Å². The third-order valence-electron chi connectivity index (χ3n) is 11.2. The Labute approximate surface area is 386 Å². The fraction of sp³-hybridized carbons (Fsp3) is 0.226. The molecule has 0 spiro atoms. The van der Waals surface area contributed by atoms with Gasteiger partial charge >= 0.3 is 6.03 Å². The first-order valence-corrected chi connectivity index (χ1v) is 21.7. The van der Waals surface area contributed by atoms with Crippen LogP contribution in [0.5, 0.6) is 11.5 Å². The summed E-state index contributed by atoms with van der Waals surface area (Å²) < 4.78 is 10.6. The molecule has 6 aromatic rings. The van der Waals surface area contributed by atoms with Gasteiger partial charge in [-0.15, -0.1) is 0 Å². The van der Waals surface area contributed by atoms with E-state index in [1.807, 2.05) is 121 Å². The largest absolute Gasteiger partial charge is 0.497 e. The SMILES string of the molecule is COc1ccc(N(C)C(=O)[C@H](Cc2ccccc2)NC(=O)[C@H](Cc2ccccc2)NC(=O)N[C@@H](Cc2ccccc2)C(=O)N[C@@H](Cc2ccccc2)C(=O)N(C)c2ccc(OC)cc2)cc1. The van der Waals surface area contributed by atoms with Gasteiger partial charge in [0.15, 0.2) is 0 Å². The minimum absolute atomic E-state index is 0.0710. The van der Waals surface area contributed by atoms with Crippen molar-refractivity contribution in [2.75, 3.05) is 38.1 Å². The molecular formula is C53H56N6O7. The third kappa shape index (κ3) is 13.5. The molecule has 0 aliphatic rings. The standard InChI is InChI=1S/C53H56N6O7/c1-58(41-25-29-43(65-3)30-26-41)51(62)47(35-39-21-13-7-14-22-39)54-49(60)45(33-37-17-9-5-10-18-37)56-53(64)57-46(34-38-19-11-6-12-20-38)50(61)55-48(36-40-23-15-8-16-24-40)52(63)59(2)42-27-31-44(66-4)32-28-42/h5-32,45-48H,33-36H2,1-4H3,(H,54,60)(H,55,61)(H2,56,57,64)/t45-,46-,47-,48-/m0/s1. The molecule has 66 heavy (non-hydrogen) atoms. The van der Waals surface area contributed by atoms with Crippen molar-refractivity contribution in [3.8, 4) is 11.5 Å². The number of nitrogens with one attached hydrogen (secondary N) is 4. The number of urea groups is 1. The second-order valence-electron chi connectivity index (χ2n) is 15.8. The number of ether oxygens (including phenoxy) is 2. The second-order valence-corrected chi connectivity index (χ2v) is 15.8. The van der Waals surface area contributed by atoms with Gasteiger partial charge in [0.1, 0.15) is 35.7 Å². The average Bonchev–Trinajstić information content (AvgIpc) is 3.36. The molecule has 0 saturated heterocycles. The van der Waals surface area contributed by atoms with Crippen LogP contribution in [0.15, 0.2) is 170 Å². The number of carbonyl (C=O) groups is 5. The van der Waals surface area contributed by atoms with Crippen LogP contribution in [-0.4, -0.2) is 82.1 Å². The summed E-state index contributed by atoms with van der Waals surface area (Å²) in [6.45, 7) is 0. The van der Waals surface area contributed by atoms with E-state index in [-0.39, 0.29) is 37.5 Å². The van der Waals surface area contributed by atoms with E-state index in [0.717, 1.165) is 22.3 Å². The van der Waals surface area contributed by atoms with Crippen molar-refractivity contribution in [2.24, 2.45) is 0 Å². The maximum absolute atomic E-state index is 14.5. The first-order valence-electron chi connectivity index (χ1n) is 21.7. The molecule has 0 heterocycles. The number of hydrogen-bond acceptors (Lipinski definition) is 7. The fourth-order valence-electron chi connectivity index (χ4n) is 7.45. The monoisotopic (exact) mass is 888 g/mol. The number of benzene rings is 6. The molecule has 0 aromatic heterocycles. The highest BCUT2D eigenvalue weighted by molar-refractivity contribution is 6.01. The van der Waals surface area contributed by atoms with Gasteiger partial charge in [-0.3, -0.25) is 19.2 Å². The molecule has 13 nitrogen and oxygen atoms in total. The first kappa shape index (κ1) is 47.5. The zero-order chi connectivity index (χ0) is 46.8. The summed E-state index contributed by atoms with van der Waals surface area (Å²) in [5, 5.41) is 11.5. The number of anilines is 2. The highest BCUT2D eigenvalue weighted by atomic mass is 16.5. The van der Waals surface area contributed by atoms with Gasteiger partial charge in [-0.2, -0.15) is 0 Å². The van der Waals surface area contributed by atoms with Crippen LogP contribution in [-0.2, 0) is 44.9 Å². The molecule has 0 saturated carbocycles. The minimum atomic E-state index is -1.18. The van der Waals surface area contributed by atoms with Gasteiger partial charge in [0, 0.05) is 51.2 Å². The minimum Gasteiger partial charge on any atom is -0.497 e. The second kappa shape index (κ2) is 23.7. The van der Waals surface area contributed by atoms with Crippen LogP contribution in [0.2, 0.25) is 0 Å². The zero-order valence-corrected chi connectivity index (χ0v) is 37.6. The lowest BCUT2D eigenvalue weighted by Crippen LogP contribution is -2.59. The summed E-state index contributed by atoms with van der Waals surface area (Å²) in [5.74, 6) is -0.711. The Morgan fingerprint density at radius 1 is 0.394 bits per heavy atom. The number of likely N-dealkylation sites (N-methyl/N-ethyl adjacent to an activating group) is 2. The average molecular weight is 889 g/mol. The van der Waals surface area contributed by atoms with Crippen LogP contribution in [0.1, 0.15) is 22.3 Å². The fourth-order valence-corrected chi connectivity index (χ4v) is 7.45. The smallest absolute Gasteiger partial charge is 0.316 e. The van der Waals surface area contributed by atoms with E-state index in [4.69, 9.17) is 9.47 Å². The number of hydrogen-bond donors (Lipinski definition) is 4. The molecule has 0 aliphatic heterocycles. The molecule has 13 heteroatoms. The molecule has 6 rings (SSSR count). The lowest BCUT2D eigenvalue weighted by atomic mass is 10.0. The molecule has 4 atom stereocenters. The Balaban J connectivity index is 1.25. The topological polar surface area (TPSA) is 158 Å². The van der Waals surface area contributed by atoms with Crippen LogP contribution >= 0.6 is 0 Å². The van der Waals surface area contributed by atoms with Crippen molar-refractivity contribution in [3.63, 3.8) is 0 Å². The highest BCUT2D eigenvalue weighted by Gasteiger charge is 2.33. The van der Waals surface area contributed by atoms with Crippen LogP contribution in [0.3, 0.4) is 0 Å². The zero-order valence-electron chi connectivity index (χ0n) is 37.6. The molecule has 0 unspecified atom stereocenters. The summed E-state index contributed by atoms with van der Waals surface area (Å²) in [5.41, 5.74) is 4.32. The number of amides is 6. The highest BCUT2D eigenvalue weighted by Crippen LogP contribution is 2.21. The van der Waals surface area contributed by atoms with E-state index in [1.165, 1.54) is 9.80 Å². The molecule has 0 bridgehead atoms. The molecule has 6 amide bonds. The lowest BCUT2D eigenvalue weighted by Gasteiger charge is -2.28. The third-order valence-corrected chi connectivity index (χ3v) is 11.2. The summed E-state index contributed by atoms with van der Waals surface area (Å²) in [4.78, 5) is 74.6. The lowest BCUT2D eigenvalue weighted by molar-refractivity contribution is -0.128. The molecule has 0 fully saturated rings. The summed E-state index contributed by atoms with van der Waals surface area (Å²) in [7, 11) is 6.39. The van der Waals surface area contributed by atoms with Gasteiger partial charge in [-0.05, 0) is 70.8 Å². The molecule has 0 aliphatic carbocycles. The Bertz CT molecular complexity index is 2320. The number of methoxy groups -OCH3 is 2. The Morgan fingerprint density at radius 2 is 0.667 bits per heavy atom. The van der Waals surface area contributed by atoms with Gasteiger partial charge in [-0.1, -0.05) is 121 Å². The number of nitrogens with zero attached hydrogens (tertiary/aromatic N) is 2. The first-order chi connectivity index (χ1) is 32.0. The van der Waals surface area contributed by atoms with Crippen LogP contribution in [0.25, 0.3) is 0 Å². The van der Waals surface area contributed by atoms with E-state index >= 15 is 0 Å². The predicted molar refractivity (Wildman–Crippen MR) is 256 cm³/mol. The van der Waals surface area contributed by atoms with Crippen molar-refractivity contribution < 1.29 is 33.4 Å². The van der Waals surface area contributed by atoms with Gasteiger partial charge in [0.05, 0.1) is 14.2 Å². The number of rotatable bonds is 20. The predicted octanol–water partition coefficient (Wildman–Crippen LogP) is 6.31. The molecule has 0 radical (unpaired) electrons. The van der Waals surface area contributed by atoms with E-state index < -0.39 is 42.0 Å². The van der Waals surface area contributed by atoms with Crippen molar-refractivity contribution in [3.05, 3.63) is 192 Å². The van der Waals surface area contributed by atoms with Crippen molar-refractivity contribution in [1.29, 1.82) is 0 Å². The molecule has 4 N–H and O–H groups in total. The van der Waals surface area contributed by atoms with Crippen LogP contribution in [0, 0.1) is 0 Å². The van der Waals surface area contributed by atoms with E-state index in [0.29, 0.717) is 22.9 Å². The normalized spacial score (nSPS) is 12.5. The van der Waals surface area contributed by atoms with Crippen LogP contribution in [0.4, 0.5) is 16.2 Å². The Morgan fingerprint density at radius 3 is 0.939 bits per heavy atom. The van der Waals surface area contributed by atoms with Crippen molar-refractivity contribution >= 4 is 41.0 Å². The van der Waals surface area contributed by atoms with Crippen molar-refractivity contribution in [1.82, 2.24) is 21.3 Å². The molecule has 6 aromatic carbocycles. The number of carbonyl (C=O) groups excluding carboxylic acids is 5. The van der Waals surface area contributed by atoms with E-state index in [1.54, 1.807) is 76.8 Å².